The van der Waals surface area contributed by atoms with E-state index in [1.807, 2.05) is 0 Å². The lowest BCUT2D eigenvalue weighted by Crippen LogP contribution is -2.24. The normalized spacial score (nSPS) is 10.1. The van der Waals surface area contributed by atoms with E-state index in [1.165, 1.54) is 12.4 Å². The average Bonchev–Trinajstić information content (AvgIpc) is 2.18. The van der Waals surface area contributed by atoms with Crippen molar-refractivity contribution in [2.45, 2.75) is 6.92 Å². The molecular weight excluding hydrogens is 202 g/mol. The van der Waals surface area contributed by atoms with Gasteiger partial charge in [0.25, 0.3) is 0 Å². The number of nitrogens with one attached hydrogen (secondary N) is 2. The molecule has 2 N–H and O–H groups in total. The second kappa shape index (κ2) is 5.24. The van der Waals surface area contributed by atoms with E-state index in [4.69, 9.17) is 11.6 Å². The number of aromatic nitrogens is 1. The third kappa shape index (κ3) is 3.45. The van der Waals surface area contributed by atoms with Gasteiger partial charge in [-0.3, -0.25) is 5.32 Å². The molecule has 0 aliphatic carbocycles. The van der Waals surface area contributed by atoms with Crippen molar-refractivity contribution < 1.29 is 4.79 Å². The zero-order valence-electron chi connectivity index (χ0n) is 7.62. The number of pyridine rings is 1. The number of carbonyl (C=O) groups excluding carboxylic acids is 1. The van der Waals surface area contributed by atoms with Crippen LogP contribution in [0.15, 0.2) is 30.6 Å². The van der Waals surface area contributed by atoms with Crippen molar-refractivity contribution in [1.82, 2.24) is 10.3 Å². The van der Waals surface area contributed by atoms with Crippen molar-refractivity contribution in [3.8, 4) is 0 Å². The SMILES string of the molecule is C/C=C/NC(=O)Nc1ccc(Cl)cn1. The number of carbonyl (C=O) groups is 1. The number of allylic oxidation sites excluding steroid dienone is 1. The highest BCUT2D eigenvalue weighted by atomic mass is 35.5. The molecule has 0 aliphatic heterocycles. The zero-order valence-corrected chi connectivity index (χ0v) is 8.38. The highest BCUT2D eigenvalue weighted by Crippen LogP contribution is 2.08. The molecule has 0 saturated carbocycles. The molecule has 0 unspecified atom stereocenters. The Balaban J connectivity index is 2.52. The highest BCUT2D eigenvalue weighted by Gasteiger charge is 1.99. The topological polar surface area (TPSA) is 54.0 Å². The molecule has 0 aliphatic rings. The Hall–Kier alpha value is -1.55. The molecule has 0 radical (unpaired) electrons. The van der Waals surface area contributed by atoms with E-state index >= 15 is 0 Å². The fraction of sp³-hybridized carbons (Fsp3) is 0.111. The van der Waals surface area contributed by atoms with Gasteiger partial charge in [-0.05, 0) is 19.1 Å². The highest BCUT2D eigenvalue weighted by molar-refractivity contribution is 6.30. The summed E-state index contributed by atoms with van der Waals surface area (Å²) in [7, 11) is 0. The summed E-state index contributed by atoms with van der Waals surface area (Å²) >= 11 is 5.63. The number of urea groups is 1. The van der Waals surface area contributed by atoms with Gasteiger partial charge in [0.1, 0.15) is 5.82 Å². The van der Waals surface area contributed by atoms with E-state index in [-0.39, 0.29) is 6.03 Å². The first-order valence-electron chi connectivity index (χ1n) is 4.02. The number of amides is 2. The van der Waals surface area contributed by atoms with Gasteiger partial charge in [-0.1, -0.05) is 17.7 Å². The van der Waals surface area contributed by atoms with Crippen LogP contribution in [0.1, 0.15) is 6.92 Å². The Kier molecular flexibility index (Phi) is 3.94. The van der Waals surface area contributed by atoms with Crippen molar-refractivity contribution in [3.63, 3.8) is 0 Å². The first-order valence-corrected chi connectivity index (χ1v) is 4.40. The van der Waals surface area contributed by atoms with Crippen molar-refractivity contribution in [1.29, 1.82) is 0 Å². The van der Waals surface area contributed by atoms with Crippen LogP contribution in [-0.2, 0) is 0 Å². The van der Waals surface area contributed by atoms with Crippen LogP contribution in [0.3, 0.4) is 0 Å². The van der Waals surface area contributed by atoms with E-state index in [0.29, 0.717) is 10.8 Å². The molecule has 0 saturated heterocycles. The Morgan fingerprint density at radius 2 is 2.36 bits per heavy atom. The van der Waals surface area contributed by atoms with Gasteiger partial charge < -0.3 is 5.32 Å². The van der Waals surface area contributed by atoms with Gasteiger partial charge >= 0.3 is 6.03 Å². The summed E-state index contributed by atoms with van der Waals surface area (Å²) in [5, 5.41) is 5.56. The minimum absolute atomic E-state index is 0.335. The smallest absolute Gasteiger partial charge is 0.315 e. The van der Waals surface area contributed by atoms with Gasteiger partial charge in [0.15, 0.2) is 0 Å². The summed E-state index contributed by atoms with van der Waals surface area (Å²) in [6.45, 7) is 1.81. The summed E-state index contributed by atoms with van der Waals surface area (Å²) < 4.78 is 0. The minimum Gasteiger partial charge on any atom is -0.315 e. The van der Waals surface area contributed by atoms with E-state index in [1.54, 1.807) is 25.1 Å². The van der Waals surface area contributed by atoms with E-state index in [2.05, 4.69) is 15.6 Å². The van der Waals surface area contributed by atoms with Crippen LogP contribution in [0.4, 0.5) is 10.6 Å². The fourth-order valence-electron chi connectivity index (χ4n) is 0.761. The monoisotopic (exact) mass is 211 g/mol. The summed E-state index contributed by atoms with van der Waals surface area (Å²) in [6.07, 6.45) is 4.72. The second-order valence-corrected chi connectivity index (χ2v) is 2.90. The largest absolute Gasteiger partial charge is 0.324 e. The van der Waals surface area contributed by atoms with E-state index in [0.717, 1.165) is 0 Å². The standard InChI is InChI=1S/C9H10ClN3O/c1-2-5-11-9(14)13-8-4-3-7(10)6-12-8/h2-6H,1H3,(H2,11,12,13,14)/b5-2+. The number of halogens is 1. The lowest BCUT2D eigenvalue weighted by Gasteiger charge is -2.02. The molecule has 0 bridgehead atoms. The first kappa shape index (κ1) is 10.5. The first-order chi connectivity index (χ1) is 6.72. The van der Waals surface area contributed by atoms with Crippen LogP contribution in [0.2, 0.25) is 5.02 Å². The van der Waals surface area contributed by atoms with Gasteiger partial charge in [0, 0.05) is 12.4 Å². The Labute approximate surface area is 87.0 Å². The number of hydrogen-bond acceptors (Lipinski definition) is 2. The molecule has 1 rings (SSSR count). The predicted molar refractivity (Wildman–Crippen MR) is 56.2 cm³/mol. The lowest BCUT2D eigenvalue weighted by molar-refractivity contribution is 0.255. The Morgan fingerprint density at radius 3 is 2.93 bits per heavy atom. The molecule has 4 nitrogen and oxygen atoms in total. The maximum absolute atomic E-state index is 11.1. The van der Waals surface area contributed by atoms with Gasteiger partial charge in [-0.2, -0.15) is 0 Å². The predicted octanol–water partition coefficient (Wildman–Crippen LogP) is 2.39. The van der Waals surface area contributed by atoms with Gasteiger partial charge in [0.05, 0.1) is 5.02 Å². The summed E-state index contributed by atoms with van der Waals surface area (Å²) in [5.41, 5.74) is 0. The molecular formula is C9H10ClN3O. The van der Waals surface area contributed by atoms with Crippen LogP contribution in [0, 0.1) is 0 Å². The molecule has 0 spiro atoms. The summed E-state index contributed by atoms with van der Waals surface area (Å²) in [4.78, 5) is 15.0. The number of nitrogens with zero attached hydrogens (tertiary/aromatic N) is 1. The quantitative estimate of drug-likeness (QED) is 0.789. The van der Waals surface area contributed by atoms with Gasteiger partial charge in [-0.15, -0.1) is 0 Å². The molecule has 1 aromatic rings. The van der Waals surface area contributed by atoms with Crippen molar-refractivity contribution >= 4 is 23.4 Å². The molecule has 0 atom stereocenters. The molecule has 5 heteroatoms. The molecule has 2 amide bonds. The third-order valence-electron chi connectivity index (χ3n) is 1.35. The fourth-order valence-corrected chi connectivity index (χ4v) is 0.873. The average molecular weight is 212 g/mol. The summed E-state index contributed by atoms with van der Waals surface area (Å²) in [5.74, 6) is 0.455. The number of rotatable bonds is 2. The van der Waals surface area contributed by atoms with Crippen LogP contribution < -0.4 is 10.6 Å². The van der Waals surface area contributed by atoms with Crippen LogP contribution >= 0.6 is 11.6 Å². The molecule has 1 aromatic heterocycles. The van der Waals surface area contributed by atoms with E-state index in [9.17, 15) is 4.79 Å². The molecule has 0 fully saturated rings. The lowest BCUT2D eigenvalue weighted by atomic mass is 10.4. The van der Waals surface area contributed by atoms with E-state index < -0.39 is 0 Å². The molecule has 14 heavy (non-hydrogen) atoms. The second-order valence-electron chi connectivity index (χ2n) is 2.46. The van der Waals surface area contributed by atoms with Crippen LogP contribution in [0.25, 0.3) is 0 Å². The van der Waals surface area contributed by atoms with Crippen LogP contribution in [-0.4, -0.2) is 11.0 Å². The number of hydrogen-bond donors (Lipinski definition) is 2. The van der Waals surface area contributed by atoms with Gasteiger partial charge in [0.2, 0.25) is 0 Å². The van der Waals surface area contributed by atoms with Crippen molar-refractivity contribution in [2.75, 3.05) is 5.32 Å². The zero-order chi connectivity index (χ0) is 10.4. The minimum atomic E-state index is -0.335. The maximum atomic E-state index is 11.1. The Morgan fingerprint density at radius 1 is 1.57 bits per heavy atom. The van der Waals surface area contributed by atoms with Crippen molar-refractivity contribution in [2.24, 2.45) is 0 Å². The molecule has 0 aromatic carbocycles. The molecule has 74 valence electrons. The Bertz CT molecular complexity index is 334. The molecule has 1 heterocycles. The maximum Gasteiger partial charge on any atom is 0.324 e. The number of anilines is 1. The third-order valence-corrected chi connectivity index (χ3v) is 1.57. The van der Waals surface area contributed by atoms with Gasteiger partial charge in [-0.25, -0.2) is 9.78 Å². The van der Waals surface area contributed by atoms with Crippen LogP contribution in [0.5, 0.6) is 0 Å². The van der Waals surface area contributed by atoms with Crippen molar-refractivity contribution in [3.05, 3.63) is 35.6 Å². The summed E-state index contributed by atoms with van der Waals surface area (Å²) in [6, 6.07) is 2.94.